The molecule has 1 fully saturated rings. The number of aryl methyl sites for hydroxylation is 1. The molecule has 1 atom stereocenters. The number of carbonyl (C=O) groups excluding carboxylic acids is 1. The maximum absolute atomic E-state index is 11.9. The lowest BCUT2D eigenvalue weighted by atomic mass is 10.3. The molecule has 16 heavy (non-hydrogen) atoms. The number of hydrogen-bond donors (Lipinski definition) is 1. The molecule has 1 aliphatic heterocycles. The van der Waals surface area contributed by atoms with E-state index in [0.29, 0.717) is 17.4 Å². The summed E-state index contributed by atoms with van der Waals surface area (Å²) in [4.78, 5) is 24.2. The highest BCUT2D eigenvalue weighted by atomic mass is 32.2. The van der Waals surface area contributed by atoms with Gasteiger partial charge in [0.05, 0.1) is 5.88 Å². The Kier molecular flexibility index (Phi) is 2.91. The summed E-state index contributed by atoms with van der Waals surface area (Å²) in [7, 11) is 0. The molecule has 1 aliphatic rings. The predicted octanol–water partition coefficient (Wildman–Crippen LogP) is 1.19. The normalized spacial score (nSPS) is 20.1. The van der Waals surface area contributed by atoms with Crippen LogP contribution in [0.25, 0.3) is 0 Å². The molecule has 2 heterocycles. The molecule has 1 saturated heterocycles. The number of hydrogen-bond acceptors (Lipinski definition) is 4. The van der Waals surface area contributed by atoms with E-state index >= 15 is 0 Å². The molecule has 1 amide bonds. The second kappa shape index (κ2) is 4.21. The second-order valence-corrected chi connectivity index (χ2v) is 4.54. The summed E-state index contributed by atoms with van der Waals surface area (Å²) in [6.07, 6.45) is 0. The Labute approximate surface area is 96.4 Å². The van der Waals surface area contributed by atoms with E-state index in [-0.39, 0.29) is 11.7 Å². The SMILES string of the molecule is Cc1ccc(C(=O)N2CSC[C@H]2C(=O)O)o1. The Morgan fingerprint density at radius 2 is 2.31 bits per heavy atom. The number of rotatable bonds is 2. The zero-order valence-electron chi connectivity index (χ0n) is 8.67. The first-order valence-corrected chi connectivity index (χ1v) is 5.93. The first-order chi connectivity index (χ1) is 7.59. The van der Waals surface area contributed by atoms with Crippen molar-refractivity contribution in [1.82, 2.24) is 4.90 Å². The van der Waals surface area contributed by atoms with Gasteiger partial charge in [-0.3, -0.25) is 4.79 Å². The van der Waals surface area contributed by atoms with Crippen LogP contribution >= 0.6 is 11.8 Å². The van der Waals surface area contributed by atoms with Crippen molar-refractivity contribution in [3.63, 3.8) is 0 Å². The van der Waals surface area contributed by atoms with Gasteiger partial charge in [0.25, 0.3) is 5.91 Å². The maximum Gasteiger partial charge on any atom is 0.327 e. The minimum atomic E-state index is -0.971. The summed E-state index contributed by atoms with van der Waals surface area (Å²) in [5, 5.41) is 8.95. The monoisotopic (exact) mass is 241 g/mol. The molecular formula is C10H11NO4S. The van der Waals surface area contributed by atoms with Crippen molar-refractivity contribution in [2.75, 3.05) is 11.6 Å². The van der Waals surface area contributed by atoms with Crippen LogP contribution in [0.3, 0.4) is 0 Å². The van der Waals surface area contributed by atoms with Crippen molar-refractivity contribution in [2.45, 2.75) is 13.0 Å². The van der Waals surface area contributed by atoms with Gasteiger partial charge in [0.2, 0.25) is 0 Å². The molecule has 0 radical (unpaired) electrons. The van der Waals surface area contributed by atoms with E-state index in [2.05, 4.69) is 0 Å². The summed E-state index contributed by atoms with van der Waals surface area (Å²) in [6.45, 7) is 1.74. The van der Waals surface area contributed by atoms with Gasteiger partial charge in [-0.05, 0) is 19.1 Å². The largest absolute Gasteiger partial charge is 0.480 e. The Bertz CT molecular complexity index is 428. The lowest BCUT2D eigenvalue weighted by Crippen LogP contribution is -2.41. The highest BCUT2D eigenvalue weighted by molar-refractivity contribution is 7.99. The number of carboxylic acid groups (broad SMARTS) is 1. The van der Waals surface area contributed by atoms with Gasteiger partial charge in [0.1, 0.15) is 11.8 Å². The number of amides is 1. The van der Waals surface area contributed by atoms with Crippen LogP contribution in [0.4, 0.5) is 0 Å². The van der Waals surface area contributed by atoms with Gasteiger partial charge in [-0.25, -0.2) is 4.79 Å². The number of aliphatic carboxylic acids is 1. The van der Waals surface area contributed by atoms with Crippen molar-refractivity contribution in [2.24, 2.45) is 0 Å². The molecule has 1 N–H and O–H groups in total. The molecule has 0 aromatic carbocycles. The van der Waals surface area contributed by atoms with E-state index in [0.717, 1.165) is 0 Å². The third kappa shape index (κ3) is 1.92. The molecule has 5 nitrogen and oxygen atoms in total. The van der Waals surface area contributed by atoms with Gasteiger partial charge >= 0.3 is 5.97 Å². The van der Waals surface area contributed by atoms with Crippen molar-refractivity contribution in [1.29, 1.82) is 0 Å². The van der Waals surface area contributed by atoms with Gasteiger partial charge in [-0.2, -0.15) is 0 Å². The Balaban J connectivity index is 2.18. The molecule has 0 saturated carbocycles. The van der Waals surface area contributed by atoms with Crippen LogP contribution in [0.5, 0.6) is 0 Å². The second-order valence-electron chi connectivity index (χ2n) is 3.54. The molecule has 2 rings (SSSR count). The number of carboxylic acids is 1. The summed E-state index contributed by atoms with van der Waals surface area (Å²) in [5.74, 6) is 0.344. The zero-order valence-corrected chi connectivity index (χ0v) is 9.49. The predicted molar refractivity (Wildman–Crippen MR) is 58.4 cm³/mol. The Hall–Kier alpha value is -1.43. The van der Waals surface area contributed by atoms with Crippen molar-refractivity contribution in [3.8, 4) is 0 Å². The zero-order chi connectivity index (χ0) is 11.7. The van der Waals surface area contributed by atoms with Crippen molar-refractivity contribution in [3.05, 3.63) is 23.7 Å². The van der Waals surface area contributed by atoms with E-state index < -0.39 is 12.0 Å². The van der Waals surface area contributed by atoms with Gasteiger partial charge < -0.3 is 14.4 Å². The third-order valence-corrected chi connectivity index (χ3v) is 3.39. The van der Waals surface area contributed by atoms with Crippen LogP contribution in [0.1, 0.15) is 16.3 Å². The lowest BCUT2D eigenvalue weighted by molar-refractivity contribution is -0.140. The molecule has 0 bridgehead atoms. The molecular weight excluding hydrogens is 230 g/mol. The van der Waals surface area contributed by atoms with Crippen LogP contribution in [-0.2, 0) is 4.79 Å². The van der Waals surface area contributed by atoms with E-state index in [9.17, 15) is 9.59 Å². The summed E-state index contributed by atoms with van der Waals surface area (Å²) < 4.78 is 5.19. The van der Waals surface area contributed by atoms with Gasteiger partial charge in [0, 0.05) is 5.75 Å². The highest BCUT2D eigenvalue weighted by Crippen LogP contribution is 2.23. The minimum absolute atomic E-state index is 0.200. The van der Waals surface area contributed by atoms with E-state index in [1.165, 1.54) is 16.7 Å². The first-order valence-electron chi connectivity index (χ1n) is 4.77. The number of thioether (sulfide) groups is 1. The standard InChI is InChI=1S/C10H11NO4S/c1-6-2-3-8(15-6)9(12)11-5-16-4-7(11)10(13)14/h2-3,7H,4-5H2,1H3,(H,13,14)/t7-/m0/s1. The highest BCUT2D eigenvalue weighted by Gasteiger charge is 2.36. The molecule has 6 heteroatoms. The van der Waals surface area contributed by atoms with Crippen molar-refractivity contribution >= 4 is 23.6 Å². The van der Waals surface area contributed by atoms with E-state index in [4.69, 9.17) is 9.52 Å². The molecule has 1 aromatic heterocycles. The van der Waals surface area contributed by atoms with Gasteiger partial charge in [-0.15, -0.1) is 11.8 Å². The van der Waals surface area contributed by atoms with Crippen LogP contribution in [0.15, 0.2) is 16.5 Å². The number of nitrogens with zero attached hydrogens (tertiary/aromatic N) is 1. The molecule has 0 unspecified atom stereocenters. The Morgan fingerprint density at radius 3 is 2.88 bits per heavy atom. The molecule has 0 spiro atoms. The third-order valence-electron chi connectivity index (χ3n) is 2.38. The van der Waals surface area contributed by atoms with E-state index in [1.54, 1.807) is 19.1 Å². The van der Waals surface area contributed by atoms with Gasteiger partial charge in [0.15, 0.2) is 5.76 Å². The van der Waals surface area contributed by atoms with E-state index in [1.807, 2.05) is 0 Å². The van der Waals surface area contributed by atoms with Crippen LogP contribution in [0, 0.1) is 6.92 Å². The smallest absolute Gasteiger partial charge is 0.327 e. The van der Waals surface area contributed by atoms with Crippen LogP contribution in [0.2, 0.25) is 0 Å². The lowest BCUT2D eigenvalue weighted by Gasteiger charge is -2.18. The summed E-state index contributed by atoms with van der Waals surface area (Å²) in [6, 6.07) is 2.51. The van der Waals surface area contributed by atoms with Crippen LogP contribution in [-0.4, -0.2) is 39.6 Å². The van der Waals surface area contributed by atoms with Gasteiger partial charge in [-0.1, -0.05) is 0 Å². The fourth-order valence-corrected chi connectivity index (χ4v) is 2.68. The number of carbonyl (C=O) groups is 2. The summed E-state index contributed by atoms with van der Waals surface area (Å²) >= 11 is 1.43. The van der Waals surface area contributed by atoms with Crippen molar-refractivity contribution < 1.29 is 19.1 Å². The molecule has 1 aromatic rings. The first kappa shape index (κ1) is 11.1. The number of furan rings is 1. The fourth-order valence-electron chi connectivity index (χ4n) is 1.54. The topological polar surface area (TPSA) is 70.8 Å². The Morgan fingerprint density at radius 1 is 1.56 bits per heavy atom. The van der Waals surface area contributed by atoms with Crippen LogP contribution < -0.4 is 0 Å². The fraction of sp³-hybridized carbons (Fsp3) is 0.400. The average Bonchev–Trinajstić information content (AvgIpc) is 2.84. The molecule has 86 valence electrons. The maximum atomic E-state index is 11.9. The minimum Gasteiger partial charge on any atom is -0.480 e. The average molecular weight is 241 g/mol. The summed E-state index contributed by atoms with van der Waals surface area (Å²) in [5.41, 5.74) is 0. The quantitative estimate of drug-likeness (QED) is 0.842. The molecule has 0 aliphatic carbocycles.